The number of methoxy groups -OCH3 is 2. The standard InChI is InChI=1S/C19H24N6O2.C13H19N3O2.C11H13N3O2.ClH/c1-27-18-9-6-14(7-10-18)5-8-17(26)13-25-12-16(23-24-25)4-2-3-15-11-21-19(20)22-15;1-5-6-7-8-10-9-16(11(14)15-10)12(17)18-13(2,3)4;1-16-11-6-3-9(4-7-11)2-5-10(15)8-13-14-12;/h6-7,9-12H,2-5,8,13H2,1H3,(H3,20,21,22);1,9H,6-8H2,2-4H3,(H2,14,15);3-4,6-7H,2,5,8H2,1H3;1H. The number of Topliss-reactive ketones (excluding diaryl/α,β-unsaturated/α-hetero) is 2. The highest BCUT2D eigenvalue weighted by atomic mass is 35.5. The lowest BCUT2D eigenvalue weighted by molar-refractivity contribution is -0.120. The van der Waals surface area contributed by atoms with E-state index in [-0.39, 0.29) is 43.0 Å². The van der Waals surface area contributed by atoms with Crippen molar-refractivity contribution < 1.29 is 28.6 Å². The molecule has 0 aliphatic carbocycles. The van der Waals surface area contributed by atoms with Gasteiger partial charge in [0.05, 0.1) is 38.3 Å². The first-order valence-electron chi connectivity index (χ1n) is 19.7. The van der Waals surface area contributed by atoms with Crippen LogP contribution in [0.4, 0.5) is 16.7 Å². The van der Waals surface area contributed by atoms with Crippen LogP contribution in [0.3, 0.4) is 0 Å². The number of anilines is 2. The number of aryl methyl sites for hydroxylation is 5. The van der Waals surface area contributed by atoms with E-state index in [2.05, 4.69) is 41.2 Å². The second kappa shape index (κ2) is 27.1. The summed E-state index contributed by atoms with van der Waals surface area (Å²) in [6.07, 6.45) is 16.8. The van der Waals surface area contributed by atoms with E-state index < -0.39 is 11.7 Å². The number of nitrogens with zero attached hydrogens (tertiary/aromatic N) is 9. The van der Waals surface area contributed by atoms with Gasteiger partial charge in [0.2, 0.25) is 5.95 Å². The van der Waals surface area contributed by atoms with Crippen LogP contribution >= 0.6 is 12.4 Å². The summed E-state index contributed by atoms with van der Waals surface area (Å²) in [5.74, 6) is 4.83. The Morgan fingerprint density at radius 2 is 1.47 bits per heavy atom. The lowest BCUT2D eigenvalue weighted by Gasteiger charge is -2.19. The molecule has 3 heterocycles. The zero-order valence-corrected chi connectivity index (χ0v) is 36.8. The fourth-order valence-corrected chi connectivity index (χ4v) is 5.49. The normalized spacial score (nSPS) is 10.3. The number of H-pyrrole nitrogens is 1. The molecule has 0 spiro atoms. The number of carbonyl (C=O) groups is 3. The summed E-state index contributed by atoms with van der Waals surface area (Å²) >= 11 is 0. The van der Waals surface area contributed by atoms with Crippen LogP contribution in [0.1, 0.15) is 81.1 Å². The van der Waals surface area contributed by atoms with Gasteiger partial charge in [-0.25, -0.2) is 24.0 Å². The molecule has 0 bridgehead atoms. The number of carbonyl (C=O) groups excluding carboxylic acids is 3. The van der Waals surface area contributed by atoms with E-state index in [0.717, 1.165) is 65.4 Å². The first kappa shape index (κ1) is 51.3. The molecular formula is C43H57ClN12O6. The number of ketones is 2. The lowest BCUT2D eigenvalue weighted by atomic mass is 10.1. The minimum Gasteiger partial charge on any atom is -0.497 e. The number of terminal acetylenes is 1. The third-order valence-corrected chi connectivity index (χ3v) is 8.59. The minimum absolute atomic E-state index is 0. The van der Waals surface area contributed by atoms with Crippen molar-refractivity contribution in [2.45, 2.75) is 97.1 Å². The van der Waals surface area contributed by atoms with E-state index in [9.17, 15) is 14.4 Å². The van der Waals surface area contributed by atoms with E-state index in [1.807, 2.05) is 54.7 Å². The lowest BCUT2D eigenvalue weighted by Crippen LogP contribution is -2.27. The molecule has 0 unspecified atom stereocenters. The van der Waals surface area contributed by atoms with E-state index in [0.29, 0.717) is 44.5 Å². The summed E-state index contributed by atoms with van der Waals surface area (Å²) in [6, 6.07) is 15.3. The van der Waals surface area contributed by atoms with Crippen LogP contribution < -0.4 is 20.9 Å². The SMILES string of the molecule is C#CCCCc1cn(C(=O)OC(C)(C)C)c(N)n1.COc1ccc(CCC(=O)CN=[N+]=[N-])cc1.COc1ccc(CCC(=O)Cn2cc(CCCc3cnc(N)[nH]3)nn2)cc1.Cl. The van der Waals surface area contributed by atoms with Gasteiger partial charge in [0.1, 0.15) is 29.4 Å². The number of azide groups is 1. The highest BCUT2D eigenvalue weighted by Crippen LogP contribution is 2.16. The Kier molecular flexibility index (Phi) is 22.4. The first-order chi connectivity index (χ1) is 29.2. The van der Waals surface area contributed by atoms with Gasteiger partial charge < -0.3 is 30.7 Å². The van der Waals surface area contributed by atoms with E-state index in [4.69, 9.17) is 37.6 Å². The monoisotopic (exact) mass is 872 g/mol. The van der Waals surface area contributed by atoms with Crippen molar-refractivity contribution in [1.29, 1.82) is 0 Å². The largest absolute Gasteiger partial charge is 0.497 e. The number of hydrogen-bond acceptors (Lipinski definition) is 13. The molecule has 0 fully saturated rings. The molecule has 19 heteroatoms. The second-order valence-corrected chi connectivity index (χ2v) is 14.7. The number of imidazole rings is 2. The Bertz CT molecular complexity index is 2210. The molecule has 5 rings (SSSR count). The molecule has 62 heavy (non-hydrogen) atoms. The maximum absolute atomic E-state index is 12.2. The Hall–Kier alpha value is -6.83. The zero-order chi connectivity index (χ0) is 44.6. The average Bonchev–Trinajstić information content (AvgIpc) is 3.98. The summed E-state index contributed by atoms with van der Waals surface area (Å²) in [7, 11) is 3.25. The Morgan fingerprint density at radius 1 is 0.871 bits per heavy atom. The number of rotatable bonds is 19. The van der Waals surface area contributed by atoms with E-state index in [1.54, 1.807) is 52.1 Å². The van der Waals surface area contributed by atoms with Gasteiger partial charge in [-0.05, 0) is 107 Å². The number of nitrogens with two attached hydrogens (primary N) is 2. The molecular weight excluding hydrogens is 816 g/mol. The van der Waals surface area contributed by atoms with Crippen molar-refractivity contribution in [3.63, 3.8) is 0 Å². The number of ether oxygens (including phenoxy) is 3. The van der Waals surface area contributed by atoms with Crippen molar-refractivity contribution in [1.82, 2.24) is 34.5 Å². The third-order valence-electron chi connectivity index (χ3n) is 8.59. The maximum Gasteiger partial charge on any atom is 0.421 e. The number of aromatic nitrogens is 7. The number of benzene rings is 2. The Labute approximate surface area is 368 Å². The van der Waals surface area contributed by atoms with Gasteiger partial charge in [0.15, 0.2) is 11.7 Å². The molecule has 332 valence electrons. The number of hydrogen-bond donors (Lipinski definition) is 3. The van der Waals surface area contributed by atoms with Crippen LogP contribution in [-0.4, -0.2) is 78.5 Å². The van der Waals surface area contributed by atoms with Crippen molar-refractivity contribution in [3.05, 3.63) is 106 Å². The van der Waals surface area contributed by atoms with Gasteiger partial charge in [-0.3, -0.25) is 9.59 Å². The number of unbranched alkanes of at least 4 members (excludes halogenated alkanes) is 1. The fraction of sp³-hybridized carbons (Fsp3) is 0.419. The highest BCUT2D eigenvalue weighted by molar-refractivity contribution is 5.85. The van der Waals surface area contributed by atoms with Crippen molar-refractivity contribution in [2.24, 2.45) is 5.11 Å². The summed E-state index contributed by atoms with van der Waals surface area (Å²) in [6.45, 7) is 5.58. The third kappa shape index (κ3) is 19.9. The molecule has 0 amide bonds. The van der Waals surface area contributed by atoms with Crippen molar-refractivity contribution in [3.8, 4) is 23.8 Å². The second-order valence-electron chi connectivity index (χ2n) is 14.7. The van der Waals surface area contributed by atoms with Crippen LogP contribution in [0.5, 0.6) is 11.5 Å². The summed E-state index contributed by atoms with van der Waals surface area (Å²) < 4.78 is 18.2. The van der Waals surface area contributed by atoms with E-state index in [1.165, 1.54) is 4.57 Å². The predicted molar refractivity (Wildman–Crippen MR) is 239 cm³/mol. The van der Waals surface area contributed by atoms with Crippen LogP contribution in [0.25, 0.3) is 10.4 Å². The summed E-state index contributed by atoms with van der Waals surface area (Å²) in [5.41, 5.74) is 23.5. The first-order valence-corrected chi connectivity index (χ1v) is 19.7. The number of nitrogen functional groups attached to an aromatic ring is 2. The number of nitrogens with one attached hydrogen (secondary N) is 1. The molecule has 0 aliphatic heterocycles. The van der Waals surface area contributed by atoms with Gasteiger partial charge >= 0.3 is 6.09 Å². The van der Waals surface area contributed by atoms with Gasteiger partial charge in [-0.15, -0.1) is 29.8 Å². The Balaban J connectivity index is 0.000000333. The quantitative estimate of drug-likeness (QED) is 0.0247. The molecule has 0 radical (unpaired) electrons. The molecule has 0 saturated carbocycles. The topological polar surface area (TPSA) is 257 Å². The van der Waals surface area contributed by atoms with E-state index >= 15 is 0 Å². The van der Waals surface area contributed by atoms with Crippen LogP contribution in [0.2, 0.25) is 0 Å². The Morgan fingerprint density at radius 3 is 2.00 bits per heavy atom. The minimum atomic E-state index is -0.558. The van der Waals surface area contributed by atoms with Gasteiger partial charge in [0.25, 0.3) is 0 Å². The maximum atomic E-state index is 12.2. The highest BCUT2D eigenvalue weighted by Gasteiger charge is 2.20. The molecule has 2 aromatic carbocycles. The average molecular weight is 873 g/mol. The molecule has 5 N–H and O–H groups in total. The zero-order valence-electron chi connectivity index (χ0n) is 36.0. The molecule has 0 aliphatic rings. The van der Waals surface area contributed by atoms with Gasteiger partial charge in [-0.2, -0.15) is 0 Å². The van der Waals surface area contributed by atoms with Gasteiger partial charge in [-0.1, -0.05) is 34.6 Å². The molecule has 18 nitrogen and oxygen atoms in total. The van der Waals surface area contributed by atoms with Gasteiger partial charge in [0, 0.05) is 42.3 Å². The van der Waals surface area contributed by atoms with Crippen molar-refractivity contribution in [2.75, 3.05) is 32.2 Å². The fourth-order valence-electron chi connectivity index (χ4n) is 5.49. The molecule has 0 atom stereocenters. The smallest absolute Gasteiger partial charge is 0.421 e. The van der Waals surface area contributed by atoms with Crippen LogP contribution in [0.15, 0.2) is 72.2 Å². The van der Waals surface area contributed by atoms with Crippen LogP contribution in [-0.2, 0) is 53.0 Å². The van der Waals surface area contributed by atoms with Crippen LogP contribution in [0, 0.1) is 12.3 Å². The molecule has 3 aromatic heterocycles. The summed E-state index contributed by atoms with van der Waals surface area (Å²) in [5, 5.41) is 11.4. The van der Waals surface area contributed by atoms with Crippen molar-refractivity contribution >= 4 is 42.0 Å². The number of aromatic amines is 1. The summed E-state index contributed by atoms with van der Waals surface area (Å²) in [4.78, 5) is 48.8. The predicted octanol–water partition coefficient (Wildman–Crippen LogP) is 7.10. The molecule has 0 saturated heterocycles. The number of halogens is 1. The molecule has 5 aromatic rings.